The minimum absolute atomic E-state index is 0.193. The summed E-state index contributed by atoms with van der Waals surface area (Å²) in [5.41, 5.74) is 3.07. The van der Waals surface area contributed by atoms with Crippen LogP contribution in [-0.4, -0.2) is 48.5 Å². The lowest BCUT2D eigenvalue weighted by atomic mass is 9.87. The van der Waals surface area contributed by atoms with Crippen molar-refractivity contribution in [2.45, 2.75) is 63.7 Å². The molecule has 0 aliphatic carbocycles. The molecule has 1 aliphatic heterocycles. The molecule has 3 aromatic carbocycles. The van der Waals surface area contributed by atoms with Gasteiger partial charge in [-0.2, -0.15) is 0 Å². The van der Waals surface area contributed by atoms with Crippen molar-refractivity contribution in [3.63, 3.8) is 0 Å². The second-order valence-corrected chi connectivity index (χ2v) is 9.53. The highest BCUT2D eigenvalue weighted by atomic mass is 16.6. The highest BCUT2D eigenvalue weighted by Crippen LogP contribution is 2.32. The van der Waals surface area contributed by atoms with Crippen LogP contribution in [0.25, 0.3) is 0 Å². The summed E-state index contributed by atoms with van der Waals surface area (Å²) in [5, 5.41) is 11.4. The van der Waals surface area contributed by atoms with Gasteiger partial charge in [-0.25, -0.2) is 0 Å². The number of rotatable bonds is 13. The first kappa shape index (κ1) is 27.2. The van der Waals surface area contributed by atoms with Gasteiger partial charge in [0, 0.05) is 6.42 Å². The molecule has 6 heteroatoms. The average molecular weight is 505 g/mol. The predicted molar refractivity (Wildman–Crippen MR) is 141 cm³/mol. The lowest BCUT2D eigenvalue weighted by Crippen LogP contribution is -2.61. The molecule has 3 aromatic rings. The fourth-order valence-corrected chi connectivity index (χ4v) is 4.64. The predicted octanol–water partition coefficient (Wildman–Crippen LogP) is 4.73. The molecule has 1 N–H and O–H groups in total. The highest BCUT2D eigenvalue weighted by Gasteiger charge is 2.48. The van der Waals surface area contributed by atoms with Crippen molar-refractivity contribution >= 4 is 6.29 Å². The van der Waals surface area contributed by atoms with E-state index < -0.39 is 30.5 Å². The zero-order valence-corrected chi connectivity index (χ0v) is 21.2. The summed E-state index contributed by atoms with van der Waals surface area (Å²) in [4.78, 5) is 11.3. The monoisotopic (exact) mass is 504 g/mol. The third-order valence-electron chi connectivity index (χ3n) is 6.69. The van der Waals surface area contributed by atoms with E-state index in [1.807, 2.05) is 97.9 Å². The molecule has 196 valence electrons. The van der Waals surface area contributed by atoms with Crippen molar-refractivity contribution in [1.29, 1.82) is 0 Å². The van der Waals surface area contributed by atoms with Gasteiger partial charge in [-0.05, 0) is 22.6 Å². The molecular formula is C31H36O6. The van der Waals surface area contributed by atoms with Crippen LogP contribution in [0.2, 0.25) is 0 Å². The zero-order valence-electron chi connectivity index (χ0n) is 21.2. The Bertz CT molecular complexity index is 1050. The van der Waals surface area contributed by atoms with E-state index in [0.717, 1.165) is 23.0 Å². The molecule has 0 saturated carbocycles. The molecule has 37 heavy (non-hydrogen) atoms. The van der Waals surface area contributed by atoms with Gasteiger partial charge in [0.15, 0.2) is 0 Å². The maximum atomic E-state index is 11.4. The summed E-state index contributed by atoms with van der Waals surface area (Å²) >= 11 is 0. The van der Waals surface area contributed by atoms with Gasteiger partial charge in [-0.15, -0.1) is 0 Å². The summed E-state index contributed by atoms with van der Waals surface area (Å²) in [6.07, 6.45) is -2.15. The Balaban J connectivity index is 1.54. The third kappa shape index (κ3) is 7.81. The minimum Gasteiger partial charge on any atom is -0.388 e. The fraction of sp³-hybridized carbons (Fsp3) is 0.387. The van der Waals surface area contributed by atoms with E-state index >= 15 is 0 Å². The summed E-state index contributed by atoms with van der Waals surface area (Å²) in [5.74, 6) is -0.193. The Labute approximate surface area is 219 Å². The van der Waals surface area contributed by atoms with Crippen LogP contribution in [-0.2, 0) is 43.6 Å². The van der Waals surface area contributed by atoms with Crippen molar-refractivity contribution in [2.75, 3.05) is 6.61 Å². The molecule has 1 saturated heterocycles. The molecule has 0 aromatic heterocycles. The first-order chi connectivity index (χ1) is 18.2. The van der Waals surface area contributed by atoms with Gasteiger partial charge in [0.25, 0.3) is 0 Å². The number of aldehydes is 1. The third-order valence-corrected chi connectivity index (χ3v) is 6.69. The maximum absolute atomic E-state index is 11.4. The summed E-state index contributed by atoms with van der Waals surface area (Å²) in [6, 6.07) is 29.7. The fourth-order valence-electron chi connectivity index (χ4n) is 4.64. The van der Waals surface area contributed by atoms with Crippen molar-refractivity contribution in [3.8, 4) is 0 Å². The first-order valence-corrected chi connectivity index (χ1v) is 12.9. The SMILES string of the molecule is C[C@H](CC=O)[C@@H]1O[C@H](COCc2ccccc2)[C@@H](OCc2ccccc2)[C@H](OCc2ccccc2)[C@H]1O. The molecule has 0 radical (unpaired) electrons. The van der Waals surface area contributed by atoms with E-state index in [1.54, 1.807) is 0 Å². The lowest BCUT2D eigenvalue weighted by Gasteiger charge is -2.46. The summed E-state index contributed by atoms with van der Waals surface area (Å²) in [6.45, 7) is 3.26. The van der Waals surface area contributed by atoms with E-state index in [9.17, 15) is 9.90 Å². The lowest BCUT2D eigenvalue weighted by molar-refractivity contribution is -0.269. The first-order valence-electron chi connectivity index (χ1n) is 12.9. The van der Waals surface area contributed by atoms with Gasteiger partial charge in [-0.3, -0.25) is 0 Å². The summed E-state index contributed by atoms with van der Waals surface area (Å²) < 4.78 is 25.2. The number of carbonyl (C=O) groups is 1. The van der Waals surface area contributed by atoms with Crippen LogP contribution >= 0.6 is 0 Å². The molecule has 0 bridgehead atoms. The second kappa shape index (κ2) is 14.2. The molecule has 6 atom stereocenters. The number of benzene rings is 3. The van der Waals surface area contributed by atoms with Gasteiger partial charge in [0.1, 0.15) is 30.7 Å². The largest absolute Gasteiger partial charge is 0.388 e. The molecule has 1 aliphatic rings. The van der Waals surface area contributed by atoms with Crippen molar-refractivity contribution < 1.29 is 28.8 Å². The van der Waals surface area contributed by atoms with E-state index in [2.05, 4.69) is 0 Å². The van der Waals surface area contributed by atoms with Crippen LogP contribution in [0.3, 0.4) is 0 Å². The number of aliphatic hydroxyl groups excluding tert-OH is 1. The topological polar surface area (TPSA) is 74.2 Å². The maximum Gasteiger partial charge on any atom is 0.120 e. The van der Waals surface area contributed by atoms with Crippen LogP contribution < -0.4 is 0 Å². The van der Waals surface area contributed by atoms with Crippen molar-refractivity contribution in [1.82, 2.24) is 0 Å². The zero-order chi connectivity index (χ0) is 25.9. The Morgan fingerprint density at radius 1 is 0.784 bits per heavy atom. The Kier molecular flexibility index (Phi) is 10.4. The van der Waals surface area contributed by atoms with Gasteiger partial charge in [-0.1, -0.05) is 97.9 Å². The van der Waals surface area contributed by atoms with Crippen molar-refractivity contribution in [2.24, 2.45) is 5.92 Å². The molecule has 4 rings (SSSR count). The van der Waals surface area contributed by atoms with Crippen LogP contribution in [0.1, 0.15) is 30.0 Å². The smallest absolute Gasteiger partial charge is 0.120 e. The normalized spacial score (nSPS) is 24.4. The average Bonchev–Trinajstić information content (AvgIpc) is 2.94. The number of ether oxygens (including phenoxy) is 4. The number of aliphatic hydroxyl groups is 1. The number of hydrogen-bond donors (Lipinski definition) is 1. The van der Waals surface area contributed by atoms with E-state index in [1.165, 1.54) is 0 Å². The van der Waals surface area contributed by atoms with Gasteiger partial charge >= 0.3 is 0 Å². The van der Waals surface area contributed by atoms with E-state index in [4.69, 9.17) is 18.9 Å². The van der Waals surface area contributed by atoms with E-state index in [-0.39, 0.29) is 18.9 Å². The standard InChI is InChI=1S/C31H36O6/c1-23(17-18-32)29-28(33)31(36-21-26-15-9-4-10-16-26)30(35-20-25-13-7-3-8-14-25)27(37-29)22-34-19-24-11-5-2-6-12-24/h2-16,18,23,27-31,33H,17,19-22H2,1H3/t23-,27-,28+,29+,30-,31-/m1/s1. The number of carbonyl (C=O) groups excluding carboxylic acids is 1. The van der Waals surface area contributed by atoms with Crippen LogP contribution in [0.5, 0.6) is 0 Å². The summed E-state index contributed by atoms with van der Waals surface area (Å²) in [7, 11) is 0. The highest BCUT2D eigenvalue weighted by molar-refractivity contribution is 5.49. The molecule has 0 spiro atoms. The molecule has 0 unspecified atom stereocenters. The van der Waals surface area contributed by atoms with Crippen molar-refractivity contribution in [3.05, 3.63) is 108 Å². The number of hydrogen-bond acceptors (Lipinski definition) is 6. The van der Waals surface area contributed by atoms with Crippen LogP contribution in [0.4, 0.5) is 0 Å². The van der Waals surface area contributed by atoms with Gasteiger partial charge in [0.05, 0.1) is 32.5 Å². The van der Waals surface area contributed by atoms with Gasteiger partial charge in [0.2, 0.25) is 0 Å². The molecule has 6 nitrogen and oxygen atoms in total. The van der Waals surface area contributed by atoms with Crippen LogP contribution in [0.15, 0.2) is 91.0 Å². The van der Waals surface area contributed by atoms with E-state index in [0.29, 0.717) is 19.8 Å². The Hall–Kier alpha value is -2.87. The molecular weight excluding hydrogens is 468 g/mol. The second-order valence-electron chi connectivity index (χ2n) is 9.53. The van der Waals surface area contributed by atoms with Crippen LogP contribution in [0, 0.1) is 5.92 Å². The Morgan fingerprint density at radius 3 is 1.78 bits per heavy atom. The molecule has 0 amide bonds. The molecule has 1 heterocycles. The Morgan fingerprint density at radius 2 is 1.27 bits per heavy atom. The molecule has 1 fully saturated rings. The quantitative estimate of drug-likeness (QED) is 0.340. The van der Waals surface area contributed by atoms with Gasteiger partial charge < -0.3 is 28.8 Å². The minimum atomic E-state index is -0.968.